The van der Waals surface area contributed by atoms with Crippen LogP contribution in [0, 0.1) is 0 Å². The first-order valence-electron chi connectivity index (χ1n) is 7.20. The molecule has 2 N–H and O–H groups in total. The highest BCUT2D eigenvalue weighted by molar-refractivity contribution is 7.80. The van der Waals surface area contributed by atoms with Crippen LogP contribution in [0.5, 0.6) is 5.75 Å². The van der Waals surface area contributed by atoms with Crippen molar-refractivity contribution >= 4 is 34.6 Å². The average molecular weight is 335 g/mol. The van der Waals surface area contributed by atoms with Crippen molar-refractivity contribution in [3.63, 3.8) is 0 Å². The van der Waals surface area contributed by atoms with E-state index in [0.717, 1.165) is 23.4 Å². The fraction of sp³-hybridized carbons (Fsp3) is 0.235. The van der Waals surface area contributed by atoms with Crippen LogP contribution in [0.2, 0.25) is 5.02 Å². The third kappa shape index (κ3) is 5.20. The SMILES string of the molecule is CCCOc1ccc(CNC(=S)Nc2ccccc2)cc1Cl. The monoisotopic (exact) mass is 334 g/mol. The topological polar surface area (TPSA) is 33.3 Å². The lowest BCUT2D eigenvalue weighted by Crippen LogP contribution is -2.27. The van der Waals surface area contributed by atoms with Gasteiger partial charge in [-0.1, -0.05) is 42.8 Å². The maximum atomic E-state index is 6.21. The van der Waals surface area contributed by atoms with Gasteiger partial charge in [-0.05, 0) is 48.5 Å². The number of ether oxygens (including phenoxy) is 1. The first kappa shape index (κ1) is 16.6. The molecule has 0 unspecified atom stereocenters. The van der Waals surface area contributed by atoms with Gasteiger partial charge in [-0.15, -0.1) is 0 Å². The standard InChI is InChI=1S/C17H19ClN2OS/c1-2-10-21-16-9-8-13(11-15(16)18)12-19-17(22)20-14-6-4-3-5-7-14/h3-9,11H,2,10,12H2,1H3,(H2,19,20,22). The van der Waals surface area contributed by atoms with Gasteiger partial charge >= 0.3 is 0 Å². The van der Waals surface area contributed by atoms with E-state index in [2.05, 4.69) is 17.6 Å². The molecule has 0 spiro atoms. The molecule has 0 aliphatic carbocycles. The molecule has 0 radical (unpaired) electrons. The van der Waals surface area contributed by atoms with E-state index < -0.39 is 0 Å². The number of thiocarbonyl (C=S) groups is 1. The van der Waals surface area contributed by atoms with E-state index in [9.17, 15) is 0 Å². The molecule has 22 heavy (non-hydrogen) atoms. The van der Waals surface area contributed by atoms with Gasteiger partial charge in [-0.2, -0.15) is 0 Å². The van der Waals surface area contributed by atoms with Crippen molar-refractivity contribution in [1.82, 2.24) is 5.32 Å². The molecule has 0 fully saturated rings. The molecule has 0 atom stereocenters. The van der Waals surface area contributed by atoms with Gasteiger partial charge in [-0.3, -0.25) is 0 Å². The molecular formula is C17H19ClN2OS. The second-order valence-corrected chi connectivity index (χ2v) is 5.60. The zero-order valence-corrected chi connectivity index (χ0v) is 14.0. The van der Waals surface area contributed by atoms with Crippen LogP contribution in [0.3, 0.4) is 0 Å². The van der Waals surface area contributed by atoms with Crippen LogP contribution in [-0.4, -0.2) is 11.7 Å². The lowest BCUT2D eigenvalue weighted by molar-refractivity contribution is 0.317. The smallest absolute Gasteiger partial charge is 0.171 e. The Morgan fingerprint density at radius 1 is 1.18 bits per heavy atom. The van der Waals surface area contributed by atoms with Gasteiger partial charge in [0.05, 0.1) is 11.6 Å². The molecule has 0 aliphatic heterocycles. The van der Waals surface area contributed by atoms with E-state index in [1.807, 2.05) is 48.5 Å². The number of rotatable bonds is 6. The van der Waals surface area contributed by atoms with Gasteiger partial charge in [0.15, 0.2) is 5.11 Å². The Morgan fingerprint density at radius 2 is 1.95 bits per heavy atom. The fourth-order valence-electron chi connectivity index (χ4n) is 1.86. The Bertz CT molecular complexity index is 619. The van der Waals surface area contributed by atoms with Crippen LogP contribution in [0.1, 0.15) is 18.9 Å². The van der Waals surface area contributed by atoms with Crippen molar-refractivity contribution in [2.24, 2.45) is 0 Å². The number of benzene rings is 2. The third-order valence-electron chi connectivity index (χ3n) is 2.94. The van der Waals surface area contributed by atoms with Crippen molar-refractivity contribution in [1.29, 1.82) is 0 Å². The van der Waals surface area contributed by atoms with Gasteiger partial charge in [0.25, 0.3) is 0 Å². The van der Waals surface area contributed by atoms with E-state index in [1.165, 1.54) is 0 Å². The van der Waals surface area contributed by atoms with Crippen LogP contribution in [0.15, 0.2) is 48.5 Å². The molecule has 116 valence electrons. The fourth-order valence-corrected chi connectivity index (χ4v) is 2.31. The average Bonchev–Trinajstić information content (AvgIpc) is 2.53. The van der Waals surface area contributed by atoms with Gasteiger partial charge in [-0.25, -0.2) is 0 Å². The van der Waals surface area contributed by atoms with E-state index in [-0.39, 0.29) is 0 Å². The van der Waals surface area contributed by atoms with Crippen molar-refractivity contribution in [2.75, 3.05) is 11.9 Å². The predicted octanol–water partition coefficient (Wildman–Crippen LogP) is 4.62. The van der Waals surface area contributed by atoms with Gasteiger partial charge in [0.1, 0.15) is 5.75 Å². The first-order valence-corrected chi connectivity index (χ1v) is 7.99. The molecule has 2 aromatic rings. The number of nitrogens with one attached hydrogen (secondary N) is 2. The molecule has 0 bridgehead atoms. The normalized spacial score (nSPS) is 10.1. The number of anilines is 1. The summed E-state index contributed by atoms with van der Waals surface area (Å²) < 4.78 is 5.56. The Labute approximate surface area is 141 Å². The molecule has 0 heterocycles. The highest BCUT2D eigenvalue weighted by atomic mass is 35.5. The lowest BCUT2D eigenvalue weighted by Gasteiger charge is -2.12. The number of hydrogen-bond acceptors (Lipinski definition) is 2. The predicted molar refractivity (Wildman–Crippen MR) is 96.7 cm³/mol. The minimum absolute atomic E-state index is 0.577. The summed E-state index contributed by atoms with van der Waals surface area (Å²) >= 11 is 11.5. The molecule has 0 amide bonds. The first-order chi connectivity index (χ1) is 10.7. The number of hydrogen-bond donors (Lipinski definition) is 2. The zero-order valence-electron chi connectivity index (χ0n) is 12.4. The third-order valence-corrected chi connectivity index (χ3v) is 3.48. The van der Waals surface area contributed by atoms with E-state index >= 15 is 0 Å². The molecule has 2 aromatic carbocycles. The van der Waals surface area contributed by atoms with E-state index in [4.69, 9.17) is 28.6 Å². The van der Waals surface area contributed by atoms with Gasteiger partial charge in [0.2, 0.25) is 0 Å². The number of para-hydroxylation sites is 1. The molecule has 2 rings (SSSR count). The van der Waals surface area contributed by atoms with E-state index in [0.29, 0.717) is 23.3 Å². The summed E-state index contributed by atoms with van der Waals surface area (Å²) in [7, 11) is 0. The van der Waals surface area contributed by atoms with Crippen LogP contribution in [0.4, 0.5) is 5.69 Å². The summed E-state index contributed by atoms with van der Waals surface area (Å²) in [5.41, 5.74) is 2.01. The second kappa shape index (κ2) is 8.61. The largest absolute Gasteiger partial charge is 0.492 e. The highest BCUT2D eigenvalue weighted by Crippen LogP contribution is 2.25. The quantitative estimate of drug-likeness (QED) is 0.755. The summed E-state index contributed by atoms with van der Waals surface area (Å²) in [6, 6.07) is 15.6. The van der Waals surface area contributed by atoms with Crippen LogP contribution >= 0.6 is 23.8 Å². The molecule has 3 nitrogen and oxygen atoms in total. The molecule has 0 saturated heterocycles. The van der Waals surface area contributed by atoms with Crippen LogP contribution in [0.25, 0.3) is 0 Å². The molecule has 0 saturated carbocycles. The Balaban J connectivity index is 1.86. The molecule has 0 aromatic heterocycles. The maximum absolute atomic E-state index is 6.21. The number of halogens is 1. The Morgan fingerprint density at radius 3 is 2.64 bits per heavy atom. The van der Waals surface area contributed by atoms with Crippen LogP contribution < -0.4 is 15.4 Å². The zero-order chi connectivity index (χ0) is 15.8. The molecular weight excluding hydrogens is 316 g/mol. The van der Waals surface area contributed by atoms with Gasteiger partial charge < -0.3 is 15.4 Å². The summed E-state index contributed by atoms with van der Waals surface area (Å²) in [6.07, 6.45) is 0.957. The second-order valence-electron chi connectivity index (χ2n) is 4.79. The van der Waals surface area contributed by atoms with Crippen molar-refractivity contribution in [3.8, 4) is 5.75 Å². The van der Waals surface area contributed by atoms with Crippen molar-refractivity contribution in [3.05, 3.63) is 59.1 Å². The van der Waals surface area contributed by atoms with Crippen LogP contribution in [-0.2, 0) is 6.54 Å². The Hall–Kier alpha value is -1.78. The Kier molecular flexibility index (Phi) is 6.49. The van der Waals surface area contributed by atoms with E-state index in [1.54, 1.807) is 0 Å². The molecule has 0 aliphatic rings. The van der Waals surface area contributed by atoms with Crippen molar-refractivity contribution < 1.29 is 4.74 Å². The summed E-state index contributed by atoms with van der Waals surface area (Å²) in [4.78, 5) is 0. The lowest BCUT2D eigenvalue weighted by atomic mass is 10.2. The minimum Gasteiger partial charge on any atom is -0.492 e. The minimum atomic E-state index is 0.577. The molecule has 5 heteroatoms. The van der Waals surface area contributed by atoms with Crippen molar-refractivity contribution in [2.45, 2.75) is 19.9 Å². The highest BCUT2D eigenvalue weighted by Gasteiger charge is 2.04. The maximum Gasteiger partial charge on any atom is 0.171 e. The summed E-state index contributed by atoms with van der Waals surface area (Å²) in [6.45, 7) is 3.34. The summed E-state index contributed by atoms with van der Waals surface area (Å²) in [5.74, 6) is 0.720. The van der Waals surface area contributed by atoms with Gasteiger partial charge in [0, 0.05) is 12.2 Å². The summed E-state index contributed by atoms with van der Waals surface area (Å²) in [5, 5.41) is 7.48.